The quantitative estimate of drug-likeness (QED) is 0.652. The third-order valence-electron chi connectivity index (χ3n) is 2.96. The first-order valence-corrected chi connectivity index (χ1v) is 5.96. The van der Waals surface area contributed by atoms with Gasteiger partial charge in [0.05, 0.1) is 18.1 Å². The molecule has 1 heterocycles. The Kier molecular flexibility index (Phi) is 3.96. The number of carbonyl (C=O) groups excluding carboxylic acids is 1. The molecule has 1 aromatic carbocycles. The Bertz CT molecular complexity index is 498. The highest BCUT2D eigenvalue weighted by atomic mass is 16.6. The van der Waals surface area contributed by atoms with Gasteiger partial charge < -0.3 is 15.0 Å². The summed E-state index contributed by atoms with van der Waals surface area (Å²) >= 11 is 0. The van der Waals surface area contributed by atoms with Crippen LogP contribution in [-0.2, 0) is 4.74 Å². The summed E-state index contributed by atoms with van der Waals surface area (Å²) in [7, 11) is 0. The molecule has 102 valence electrons. The second-order valence-corrected chi connectivity index (χ2v) is 4.29. The molecule has 7 nitrogen and oxygen atoms in total. The Labute approximate surface area is 110 Å². The molecule has 0 saturated carbocycles. The van der Waals surface area contributed by atoms with Gasteiger partial charge in [-0.05, 0) is 13.0 Å². The van der Waals surface area contributed by atoms with Crippen LogP contribution in [0.3, 0.4) is 0 Å². The van der Waals surface area contributed by atoms with Gasteiger partial charge in [-0.2, -0.15) is 0 Å². The Hall–Kier alpha value is -2.15. The van der Waals surface area contributed by atoms with Crippen LogP contribution in [0.4, 0.5) is 16.2 Å². The summed E-state index contributed by atoms with van der Waals surface area (Å²) in [5.41, 5.74) is 0.989. The molecule has 7 heteroatoms. The molecule has 0 aliphatic carbocycles. The molecule has 0 aromatic heterocycles. The molecule has 1 fully saturated rings. The van der Waals surface area contributed by atoms with Crippen molar-refractivity contribution in [2.24, 2.45) is 0 Å². The summed E-state index contributed by atoms with van der Waals surface area (Å²) in [6.07, 6.45) is 0. The largest absolute Gasteiger partial charge is 0.378 e. The number of nitro groups is 1. The maximum Gasteiger partial charge on any atom is 0.322 e. The molecular weight excluding hydrogens is 250 g/mol. The first-order valence-electron chi connectivity index (χ1n) is 5.96. The minimum atomic E-state index is -0.459. The SMILES string of the molecule is Cc1ccc(NC(=O)N2CCOCC2)cc1[N+](=O)[O-]. The smallest absolute Gasteiger partial charge is 0.322 e. The number of amides is 2. The lowest BCUT2D eigenvalue weighted by Gasteiger charge is -2.26. The fraction of sp³-hybridized carbons (Fsp3) is 0.417. The van der Waals surface area contributed by atoms with E-state index in [0.29, 0.717) is 37.6 Å². The Balaban J connectivity index is 2.08. The van der Waals surface area contributed by atoms with Gasteiger partial charge in [0, 0.05) is 30.4 Å². The molecule has 1 aromatic rings. The predicted molar refractivity (Wildman–Crippen MR) is 69.2 cm³/mol. The Morgan fingerprint density at radius 2 is 2.11 bits per heavy atom. The molecule has 1 saturated heterocycles. The van der Waals surface area contributed by atoms with Crippen molar-refractivity contribution in [2.45, 2.75) is 6.92 Å². The molecule has 2 rings (SSSR count). The second-order valence-electron chi connectivity index (χ2n) is 4.29. The van der Waals surface area contributed by atoms with Gasteiger partial charge in [-0.25, -0.2) is 4.79 Å². The van der Waals surface area contributed by atoms with E-state index in [-0.39, 0.29) is 11.7 Å². The minimum Gasteiger partial charge on any atom is -0.378 e. The standard InChI is InChI=1S/C12H15N3O4/c1-9-2-3-10(8-11(9)15(17)18)13-12(16)14-4-6-19-7-5-14/h2-3,8H,4-7H2,1H3,(H,13,16). The van der Waals surface area contributed by atoms with Gasteiger partial charge in [0.25, 0.3) is 5.69 Å². The van der Waals surface area contributed by atoms with Gasteiger partial charge in [0.2, 0.25) is 0 Å². The van der Waals surface area contributed by atoms with Crippen molar-refractivity contribution in [1.82, 2.24) is 4.90 Å². The van der Waals surface area contributed by atoms with Crippen molar-refractivity contribution in [3.05, 3.63) is 33.9 Å². The average Bonchev–Trinajstić information content (AvgIpc) is 2.41. The van der Waals surface area contributed by atoms with Crippen molar-refractivity contribution in [1.29, 1.82) is 0 Å². The molecule has 2 amide bonds. The second kappa shape index (κ2) is 5.66. The van der Waals surface area contributed by atoms with E-state index in [1.54, 1.807) is 24.0 Å². The number of hydrogen-bond acceptors (Lipinski definition) is 4. The highest BCUT2D eigenvalue weighted by molar-refractivity contribution is 5.89. The number of ether oxygens (including phenoxy) is 1. The van der Waals surface area contributed by atoms with Crippen molar-refractivity contribution in [3.63, 3.8) is 0 Å². The lowest BCUT2D eigenvalue weighted by Crippen LogP contribution is -2.43. The molecule has 0 atom stereocenters. The summed E-state index contributed by atoms with van der Waals surface area (Å²) < 4.78 is 5.16. The summed E-state index contributed by atoms with van der Waals surface area (Å²) in [4.78, 5) is 23.9. The highest BCUT2D eigenvalue weighted by Crippen LogP contribution is 2.22. The topological polar surface area (TPSA) is 84.7 Å². The van der Waals surface area contributed by atoms with E-state index in [1.807, 2.05) is 0 Å². The maximum atomic E-state index is 11.9. The van der Waals surface area contributed by atoms with Crippen molar-refractivity contribution in [2.75, 3.05) is 31.6 Å². The molecule has 19 heavy (non-hydrogen) atoms. The van der Waals surface area contributed by atoms with Gasteiger partial charge in [0.1, 0.15) is 0 Å². The van der Waals surface area contributed by atoms with E-state index < -0.39 is 4.92 Å². The van der Waals surface area contributed by atoms with Crippen molar-refractivity contribution >= 4 is 17.4 Å². The third kappa shape index (κ3) is 3.19. The summed E-state index contributed by atoms with van der Waals surface area (Å²) in [5.74, 6) is 0. The molecular formula is C12H15N3O4. The number of nitrogens with one attached hydrogen (secondary N) is 1. The van der Waals surface area contributed by atoms with Crippen LogP contribution < -0.4 is 5.32 Å². The molecule has 1 aliphatic heterocycles. The van der Waals surface area contributed by atoms with Crippen molar-refractivity contribution < 1.29 is 14.5 Å². The molecule has 1 N–H and O–H groups in total. The van der Waals surface area contributed by atoms with E-state index in [1.165, 1.54) is 6.07 Å². The van der Waals surface area contributed by atoms with Gasteiger partial charge in [-0.1, -0.05) is 6.07 Å². The van der Waals surface area contributed by atoms with Crippen LogP contribution in [-0.4, -0.2) is 42.2 Å². The monoisotopic (exact) mass is 265 g/mol. The lowest BCUT2D eigenvalue weighted by atomic mass is 10.2. The summed E-state index contributed by atoms with van der Waals surface area (Å²) in [5, 5.41) is 13.5. The number of hydrogen-bond donors (Lipinski definition) is 1. The van der Waals surface area contributed by atoms with Crippen LogP contribution >= 0.6 is 0 Å². The molecule has 0 spiro atoms. The molecule has 0 unspecified atom stereocenters. The number of anilines is 1. The lowest BCUT2D eigenvalue weighted by molar-refractivity contribution is -0.385. The van der Waals surface area contributed by atoms with Gasteiger partial charge in [-0.15, -0.1) is 0 Å². The van der Waals surface area contributed by atoms with Gasteiger partial charge in [-0.3, -0.25) is 10.1 Å². The van der Waals surface area contributed by atoms with E-state index >= 15 is 0 Å². The van der Waals surface area contributed by atoms with Gasteiger partial charge >= 0.3 is 6.03 Å². The zero-order valence-electron chi connectivity index (χ0n) is 10.6. The molecule has 1 aliphatic rings. The van der Waals surface area contributed by atoms with Crippen LogP contribution in [0.1, 0.15) is 5.56 Å². The number of benzene rings is 1. The molecule has 0 bridgehead atoms. The van der Waals surface area contributed by atoms with Crippen LogP contribution in [0, 0.1) is 17.0 Å². The zero-order chi connectivity index (χ0) is 13.8. The first-order chi connectivity index (χ1) is 9.08. The molecule has 0 radical (unpaired) electrons. The summed E-state index contributed by atoms with van der Waals surface area (Å²) in [6.45, 7) is 3.74. The number of carbonyl (C=O) groups is 1. The number of nitro benzene ring substituents is 1. The van der Waals surface area contributed by atoms with Crippen molar-refractivity contribution in [3.8, 4) is 0 Å². The normalized spacial score (nSPS) is 15.1. The minimum absolute atomic E-state index is 0.000206. The first kappa shape index (κ1) is 13.3. The van der Waals surface area contributed by atoms with Crippen LogP contribution in [0.25, 0.3) is 0 Å². The Morgan fingerprint density at radius 1 is 1.42 bits per heavy atom. The number of nitrogens with zero attached hydrogens (tertiary/aromatic N) is 2. The fourth-order valence-electron chi connectivity index (χ4n) is 1.85. The van der Waals surface area contributed by atoms with E-state index in [9.17, 15) is 14.9 Å². The number of rotatable bonds is 2. The predicted octanol–water partition coefficient (Wildman–Crippen LogP) is 1.77. The van der Waals surface area contributed by atoms with E-state index in [4.69, 9.17) is 4.74 Å². The summed E-state index contributed by atoms with van der Waals surface area (Å²) in [6, 6.07) is 4.38. The van der Waals surface area contributed by atoms with Crippen LogP contribution in [0.2, 0.25) is 0 Å². The fourth-order valence-corrected chi connectivity index (χ4v) is 1.85. The van der Waals surface area contributed by atoms with Gasteiger partial charge in [0.15, 0.2) is 0 Å². The highest BCUT2D eigenvalue weighted by Gasteiger charge is 2.18. The third-order valence-corrected chi connectivity index (χ3v) is 2.96. The number of aryl methyl sites for hydroxylation is 1. The average molecular weight is 265 g/mol. The number of morpholine rings is 1. The Morgan fingerprint density at radius 3 is 2.74 bits per heavy atom. The van der Waals surface area contributed by atoms with Crippen LogP contribution in [0.15, 0.2) is 18.2 Å². The van der Waals surface area contributed by atoms with E-state index in [2.05, 4.69) is 5.32 Å². The van der Waals surface area contributed by atoms with E-state index in [0.717, 1.165) is 0 Å². The zero-order valence-corrected chi connectivity index (χ0v) is 10.6. The maximum absolute atomic E-state index is 11.9. The number of urea groups is 1. The van der Waals surface area contributed by atoms with Crippen LogP contribution in [0.5, 0.6) is 0 Å².